The number of urea groups is 1. The van der Waals surface area contributed by atoms with Crippen LogP contribution in [0.4, 0.5) is 10.5 Å². The topological polar surface area (TPSA) is 78.4 Å². The molecule has 0 saturated heterocycles. The van der Waals surface area contributed by atoms with E-state index < -0.39 is 17.4 Å². The number of carbonyl (C=O) groups is 2. The number of hydrogen-bond acceptors (Lipinski definition) is 2. The van der Waals surface area contributed by atoms with Crippen molar-refractivity contribution in [2.75, 3.05) is 11.9 Å². The van der Waals surface area contributed by atoms with Crippen LogP contribution in [0.3, 0.4) is 0 Å². The third kappa shape index (κ3) is 4.23. The fraction of sp³-hybridized carbons (Fsp3) is 0.429. The molecule has 0 radical (unpaired) electrons. The number of amides is 2. The number of aliphatic carboxylic acids is 1. The molecule has 5 nitrogen and oxygen atoms in total. The molecule has 0 bridgehead atoms. The fourth-order valence-corrected chi connectivity index (χ4v) is 2.33. The van der Waals surface area contributed by atoms with Crippen LogP contribution in [0.1, 0.15) is 25.0 Å². The summed E-state index contributed by atoms with van der Waals surface area (Å²) >= 11 is 3.39. The van der Waals surface area contributed by atoms with E-state index in [2.05, 4.69) is 26.6 Å². The van der Waals surface area contributed by atoms with Crippen LogP contribution in [0.5, 0.6) is 0 Å². The number of anilines is 1. The lowest BCUT2D eigenvalue weighted by Gasteiger charge is -2.20. The second kappa shape index (κ2) is 6.26. The first kappa shape index (κ1) is 16.5. The summed E-state index contributed by atoms with van der Waals surface area (Å²) in [5, 5.41) is 14.3. The van der Waals surface area contributed by atoms with E-state index in [0.29, 0.717) is 0 Å². The number of carboxylic acids is 1. The van der Waals surface area contributed by atoms with E-state index in [1.807, 2.05) is 26.0 Å². The van der Waals surface area contributed by atoms with Gasteiger partial charge in [-0.25, -0.2) is 4.79 Å². The second-order valence-corrected chi connectivity index (χ2v) is 6.33. The number of carboxylic acid groups (broad SMARTS) is 1. The van der Waals surface area contributed by atoms with Gasteiger partial charge in [0, 0.05) is 16.7 Å². The van der Waals surface area contributed by atoms with Gasteiger partial charge in [-0.05, 0) is 51.0 Å². The van der Waals surface area contributed by atoms with Gasteiger partial charge in [-0.15, -0.1) is 0 Å². The summed E-state index contributed by atoms with van der Waals surface area (Å²) < 4.78 is 0.950. The molecule has 6 heteroatoms. The fourth-order valence-electron chi connectivity index (χ4n) is 1.64. The molecule has 0 aromatic heterocycles. The number of benzene rings is 1. The predicted octanol–water partition coefficient (Wildman–Crippen LogP) is 3.30. The molecule has 1 aromatic rings. The van der Waals surface area contributed by atoms with Crippen molar-refractivity contribution in [3.63, 3.8) is 0 Å². The highest BCUT2D eigenvalue weighted by atomic mass is 79.9. The lowest BCUT2D eigenvalue weighted by atomic mass is 9.94. The van der Waals surface area contributed by atoms with Crippen molar-refractivity contribution in [2.24, 2.45) is 5.41 Å². The Kier molecular flexibility index (Phi) is 5.16. The van der Waals surface area contributed by atoms with Crippen LogP contribution in [0, 0.1) is 19.3 Å². The van der Waals surface area contributed by atoms with Crippen LogP contribution < -0.4 is 10.6 Å². The Bertz CT molecular complexity index is 518. The molecule has 0 unspecified atom stereocenters. The highest BCUT2D eigenvalue weighted by molar-refractivity contribution is 9.10. The largest absolute Gasteiger partial charge is 0.481 e. The number of aryl methyl sites for hydroxylation is 2. The summed E-state index contributed by atoms with van der Waals surface area (Å²) in [6.07, 6.45) is 0. The minimum Gasteiger partial charge on any atom is -0.481 e. The number of nitrogens with one attached hydrogen (secondary N) is 2. The van der Waals surface area contributed by atoms with Gasteiger partial charge in [0.25, 0.3) is 0 Å². The highest BCUT2D eigenvalue weighted by Gasteiger charge is 2.27. The molecule has 0 fully saturated rings. The molecule has 110 valence electrons. The van der Waals surface area contributed by atoms with Crippen molar-refractivity contribution >= 4 is 33.6 Å². The summed E-state index contributed by atoms with van der Waals surface area (Å²) in [7, 11) is 0. The van der Waals surface area contributed by atoms with E-state index in [4.69, 9.17) is 5.11 Å². The van der Waals surface area contributed by atoms with E-state index in [9.17, 15) is 9.59 Å². The molecule has 0 spiro atoms. The van der Waals surface area contributed by atoms with Crippen LogP contribution in [0.2, 0.25) is 0 Å². The van der Waals surface area contributed by atoms with Crippen molar-refractivity contribution < 1.29 is 14.7 Å². The smallest absolute Gasteiger partial charge is 0.319 e. The summed E-state index contributed by atoms with van der Waals surface area (Å²) in [5.74, 6) is -0.950. The maximum atomic E-state index is 11.8. The Morgan fingerprint density at radius 2 is 1.75 bits per heavy atom. The van der Waals surface area contributed by atoms with Crippen LogP contribution in [-0.4, -0.2) is 23.7 Å². The zero-order valence-electron chi connectivity index (χ0n) is 12.0. The monoisotopic (exact) mass is 342 g/mol. The van der Waals surface area contributed by atoms with Crippen molar-refractivity contribution in [3.8, 4) is 0 Å². The minimum absolute atomic E-state index is 0.0583. The first-order valence-corrected chi connectivity index (χ1v) is 6.98. The molecule has 0 atom stereocenters. The molecule has 1 aromatic carbocycles. The van der Waals surface area contributed by atoms with Crippen molar-refractivity contribution in [2.45, 2.75) is 27.7 Å². The van der Waals surface area contributed by atoms with Gasteiger partial charge >= 0.3 is 12.0 Å². The van der Waals surface area contributed by atoms with E-state index in [0.717, 1.165) is 21.3 Å². The van der Waals surface area contributed by atoms with Gasteiger partial charge in [-0.2, -0.15) is 0 Å². The molecular formula is C14H19BrN2O3. The van der Waals surface area contributed by atoms with Gasteiger partial charge < -0.3 is 15.7 Å². The molecule has 0 aliphatic rings. The molecular weight excluding hydrogens is 324 g/mol. The van der Waals surface area contributed by atoms with Crippen LogP contribution in [0.15, 0.2) is 16.6 Å². The first-order valence-electron chi connectivity index (χ1n) is 6.18. The lowest BCUT2D eigenvalue weighted by molar-refractivity contribution is -0.146. The zero-order valence-corrected chi connectivity index (χ0v) is 13.6. The summed E-state index contributed by atoms with van der Waals surface area (Å²) in [6.45, 7) is 6.98. The standard InChI is InChI=1S/C14H19BrN2O3/c1-8-5-10(15)6-9(2)11(8)17-13(20)16-7-14(3,4)12(18)19/h5-6H,7H2,1-4H3,(H,18,19)(H2,16,17,20). The molecule has 20 heavy (non-hydrogen) atoms. The van der Waals surface area contributed by atoms with Crippen molar-refractivity contribution in [1.82, 2.24) is 5.32 Å². The predicted molar refractivity (Wildman–Crippen MR) is 82.1 cm³/mol. The SMILES string of the molecule is Cc1cc(Br)cc(C)c1NC(=O)NCC(C)(C)C(=O)O. The number of carbonyl (C=O) groups excluding carboxylic acids is 1. The molecule has 0 saturated carbocycles. The van der Waals surface area contributed by atoms with Gasteiger partial charge in [0.1, 0.15) is 0 Å². The summed E-state index contributed by atoms with van der Waals surface area (Å²) in [4.78, 5) is 22.8. The Morgan fingerprint density at radius 3 is 2.20 bits per heavy atom. The average molecular weight is 343 g/mol. The van der Waals surface area contributed by atoms with E-state index >= 15 is 0 Å². The second-order valence-electron chi connectivity index (χ2n) is 5.41. The van der Waals surface area contributed by atoms with Crippen LogP contribution in [0.25, 0.3) is 0 Å². The van der Waals surface area contributed by atoms with Gasteiger partial charge in [0.05, 0.1) is 5.41 Å². The molecule has 3 N–H and O–H groups in total. The quantitative estimate of drug-likeness (QED) is 0.785. The number of rotatable bonds is 4. The third-order valence-electron chi connectivity index (χ3n) is 3.01. The van der Waals surface area contributed by atoms with Crippen LogP contribution >= 0.6 is 15.9 Å². The van der Waals surface area contributed by atoms with Gasteiger partial charge in [-0.1, -0.05) is 15.9 Å². The molecule has 0 heterocycles. The van der Waals surface area contributed by atoms with Gasteiger partial charge in [-0.3, -0.25) is 4.79 Å². The normalized spacial score (nSPS) is 11.1. The average Bonchev–Trinajstić information content (AvgIpc) is 2.31. The molecule has 1 rings (SSSR count). The Hall–Kier alpha value is -1.56. The number of hydrogen-bond donors (Lipinski definition) is 3. The highest BCUT2D eigenvalue weighted by Crippen LogP contribution is 2.25. The third-order valence-corrected chi connectivity index (χ3v) is 3.46. The first-order chi connectivity index (χ1) is 9.13. The van der Waals surface area contributed by atoms with E-state index in [1.54, 1.807) is 13.8 Å². The number of halogens is 1. The Balaban J connectivity index is 2.71. The maximum Gasteiger partial charge on any atom is 0.319 e. The summed E-state index contributed by atoms with van der Waals surface area (Å²) in [5.41, 5.74) is 1.61. The van der Waals surface area contributed by atoms with E-state index in [1.165, 1.54) is 0 Å². The van der Waals surface area contributed by atoms with Gasteiger partial charge in [0.2, 0.25) is 0 Å². The Morgan fingerprint density at radius 1 is 1.25 bits per heavy atom. The summed E-state index contributed by atoms with van der Waals surface area (Å²) in [6, 6.07) is 3.40. The lowest BCUT2D eigenvalue weighted by Crippen LogP contribution is -2.40. The molecule has 2 amide bonds. The van der Waals surface area contributed by atoms with Crippen molar-refractivity contribution in [3.05, 3.63) is 27.7 Å². The minimum atomic E-state index is -0.999. The van der Waals surface area contributed by atoms with E-state index in [-0.39, 0.29) is 6.54 Å². The molecule has 0 aliphatic carbocycles. The van der Waals surface area contributed by atoms with Crippen LogP contribution in [-0.2, 0) is 4.79 Å². The maximum absolute atomic E-state index is 11.8. The van der Waals surface area contributed by atoms with Crippen molar-refractivity contribution in [1.29, 1.82) is 0 Å². The molecule has 0 aliphatic heterocycles. The Labute approximate surface area is 126 Å². The zero-order chi connectivity index (χ0) is 15.5. The van der Waals surface area contributed by atoms with Gasteiger partial charge in [0.15, 0.2) is 0 Å².